The standard InChI is InChI=1S/C17H29N3O/c1-16(2,3)13-8-6-12(7-9-13)14-19-15(21-20-14)17(4)10-5-11-18-17/h12-13,18H,5-11H2,1-4H3. The normalized spacial score (nSPS) is 34.3. The lowest BCUT2D eigenvalue weighted by Crippen LogP contribution is -2.33. The molecule has 118 valence electrons. The summed E-state index contributed by atoms with van der Waals surface area (Å²) in [7, 11) is 0. The molecule has 21 heavy (non-hydrogen) atoms. The van der Waals surface area contributed by atoms with E-state index in [1.165, 1.54) is 32.1 Å². The minimum absolute atomic E-state index is 0.103. The van der Waals surface area contributed by atoms with Gasteiger partial charge < -0.3 is 9.84 Å². The maximum Gasteiger partial charge on any atom is 0.246 e. The van der Waals surface area contributed by atoms with E-state index < -0.39 is 0 Å². The van der Waals surface area contributed by atoms with Gasteiger partial charge in [-0.2, -0.15) is 4.98 Å². The molecule has 1 aliphatic heterocycles. The molecule has 2 heterocycles. The molecule has 1 aromatic rings. The zero-order chi connectivity index (χ0) is 15.1. The molecule has 0 bridgehead atoms. The van der Waals surface area contributed by atoms with Crippen molar-refractivity contribution in [3.05, 3.63) is 11.7 Å². The average Bonchev–Trinajstić information content (AvgIpc) is 3.07. The first-order valence-corrected chi connectivity index (χ1v) is 8.47. The molecule has 0 radical (unpaired) electrons. The van der Waals surface area contributed by atoms with Crippen molar-refractivity contribution in [2.75, 3.05) is 6.54 Å². The summed E-state index contributed by atoms with van der Waals surface area (Å²) in [6.45, 7) is 10.3. The molecule has 1 aromatic heterocycles. The molecule has 1 saturated heterocycles. The van der Waals surface area contributed by atoms with Crippen molar-refractivity contribution in [1.29, 1.82) is 0 Å². The van der Waals surface area contributed by atoms with Crippen LogP contribution in [0.25, 0.3) is 0 Å². The van der Waals surface area contributed by atoms with Crippen molar-refractivity contribution in [2.24, 2.45) is 11.3 Å². The number of rotatable bonds is 2. The van der Waals surface area contributed by atoms with Crippen molar-refractivity contribution in [2.45, 2.75) is 77.7 Å². The van der Waals surface area contributed by atoms with Gasteiger partial charge in [-0.1, -0.05) is 25.9 Å². The first kappa shape index (κ1) is 15.0. The Kier molecular flexibility index (Phi) is 3.85. The predicted octanol–water partition coefficient (Wildman–Crippen LogP) is 3.99. The third kappa shape index (κ3) is 3.01. The summed E-state index contributed by atoms with van der Waals surface area (Å²) in [5, 5.41) is 7.79. The summed E-state index contributed by atoms with van der Waals surface area (Å²) in [5.74, 6) is 3.04. The van der Waals surface area contributed by atoms with E-state index in [1.54, 1.807) is 0 Å². The van der Waals surface area contributed by atoms with Gasteiger partial charge in [0.25, 0.3) is 0 Å². The second-order valence-corrected chi connectivity index (χ2v) is 8.23. The maximum atomic E-state index is 5.58. The summed E-state index contributed by atoms with van der Waals surface area (Å²) >= 11 is 0. The van der Waals surface area contributed by atoms with Gasteiger partial charge in [0.15, 0.2) is 5.82 Å². The van der Waals surface area contributed by atoms with Gasteiger partial charge >= 0.3 is 0 Å². The van der Waals surface area contributed by atoms with Crippen LogP contribution in [0.1, 0.15) is 83.9 Å². The van der Waals surface area contributed by atoms with Crippen LogP contribution in [0.3, 0.4) is 0 Å². The lowest BCUT2D eigenvalue weighted by molar-refractivity contribution is 0.166. The number of aromatic nitrogens is 2. The molecule has 2 fully saturated rings. The van der Waals surface area contributed by atoms with Crippen molar-refractivity contribution >= 4 is 0 Å². The smallest absolute Gasteiger partial charge is 0.246 e. The summed E-state index contributed by atoms with van der Waals surface area (Å²) in [6, 6.07) is 0. The Hall–Kier alpha value is -0.900. The lowest BCUT2D eigenvalue weighted by Gasteiger charge is -2.36. The minimum atomic E-state index is -0.103. The molecule has 4 nitrogen and oxygen atoms in total. The molecule has 1 N–H and O–H groups in total. The Bertz CT molecular complexity index is 474. The van der Waals surface area contributed by atoms with Crippen molar-refractivity contribution in [1.82, 2.24) is 15.5 Å². The number of nitrogens with zero attached hydrogens (tertiary/aromatic N) is 2. The van der Waals surface area contributed by atoms with E-state index in [0.29, 0.717) is 11.3 Å². The Morgan fingerprint density at radius 1 is 1.19 bits per heavy atom. The second kappa shape index (κ2) is 5.38. The largest absolute Gasteiger partial charge is 0.337 e. The van der Waals surface area contributed by atoms with Crippen molar-refractivity contribution < 1.29 is 4.52 Å². The van der Waals surface area contributed by atoms with Gasteiger partial charge in [0.2, 0.25) is 5.89 Å². The van der Waals surface area contributed by atoms with Gasteiger partial charge in [-0.05, 0) is 63.3 Å². The SMILES string of the molecule is CC1(c2nc(C3CCC(C(C)(C)C)CC3)no2)CCCN1. The molecular formula is C17H29N3O. The van der Waals surface area contributed by atoms with E-state index in [2.05, 4.69) is 38.2 Å². The highest BCUT2D eigenvalue weighted by molar-refractivity contribution is 5.07. The first-order chi connectivity index (χ1) is 9.88. The van der Waals surface area contributed by atoms with Crippen molar-refractivity contribution in [3.63, 3.8) is 0 Å². The zero-order valence-electron chi connectivity index (χ0n) is 13.9. The van der Waals surface area contributed by atoms with Crippen LogP contribution < -0.4 is 5.32 Å². The predicted molar refractivity (Wildman–Crippen MR) is 83.0 cm³/mol. The first-order valence-electron chi connectivity index (χ1n) is 8.47. The molecule has 1 aliphatic carbocycles. The molecule has 1 unspecified atom stereocenters. The van der Waals surface area contributed by atoms with E-state index >= 15 is 0 Å². The molecule has 1 atom stereocenters. The summed E-state index contributed by atoms with van der Waals surface area (Å²) in [6.07, 6.45) is 7.24. The van der Waals surface area contributed by atoms with Gasteiger partial charge in [-0.15, -0.1) is 0 Å². The summed E-state index contributed by atoms with van der Waals surface area (Å²) in [5.41, 5.74) is 0.322. The summed E-state index contributed by atoms with van der Waals surface area (Å²) < 4.78 is 5.58. The molecule has 0 aromatic carbocycles. The van der Waals surface area contributed by atoms with Gasteiger partial charge in [0, 0.05) is 5.92 Å². The van der Waals surface area contributed by atoms with E-state index in [9.17, 15) is 0 Å². The second-order valence-electron chi connectivity index (χ2n) is 8.23. The third-order valence-corrected chi connectivity index (χ3v) is 5.60. The lowest BCUT2D eigenvalue weighted by atomic mass is 9.70. The molecular weight excluding hydrogens is 262 g/mol. The molecule has 1 saturated carbocycles. The summed E-state index contributed by atoms with van der Waals surface area (Å²) in [4.78, 5) is 4.73. The zero-order valence-corrected chi connectivity index (χ0v) is 13.9. The van der Waals surface area contributed by atoms with Crippen LogP contribution in [-0.2, 0) is 5.54 Å². The van der Waals surface area contributed by atoms with Gasteiger partial charge in [-0.3, -0.25) is 0 Å². The maximum absolute atomic E-state index is 5.58. The van der Waals surface area contributed by atoms with E-state index in [-0.39, 0.29) is 5.54 Å². The quantitative estimate of drug-likeness (QED) is 0.895. The van der Waals surface area contributed by atoms with E-state index in [0.717, 1.165) is 30.6 Å². The highest BCUT2D eigenvalue weighted by Crippen LogP contribution is 2.42. The molecule has 2 aliphatic rings. The van der Waals surface area contributed by atoms with E-state index in [1.807, 2.05) is 0 Å². The van der Waals surface area contributed by atoms with Crippen molar-refractivity contribution in [3.8, 4) is 0 Å². The van der Waals surface area contributed by atoms with Gasteiger partial charge in [0.05, 0.1) is 5.54 Å². The molecule has 0 spiro atoms. The Labute approximate surface area is 128 Å². The fourth-order valence-electron chi connectivity index (χ4n) is 3.92. The van der Waals surface area contributed by atoms with Crippen LogP contribution in [0.2, 0.25) is 0 Å². The number of hydrogen-bond donors (Lipinski definition) is 1. The topological polar surface area (TPSA) is 51.0 Å². The number of hydrogen-bond acceptors (Lipinski definition) is 4. The van der Waals surface area contributed by atoms with Crippen LogP contribution in [0.4, 0.5) is 0 Å². The Morgan fingerprint density at radius 2 is 1.90 bits per heavy atom. The fraction of sp³-hybridized carbons (Fsp3) is 0.882. The molecule has 3 rings (SSSR count). The van der Waals surface area contributed by atoms with Gasteiger partial charge in [0.1, 0.15) is 0 Å². The molecule has 4 heteroatoms. The van der Waals surface area contributed by atoms with Crippen LogP contribution in [0.15, 0.2) is 4.52 Å². The van der Waals surface area contributed by atoms with Crippen LogP contribution in [-0.4, -0.2) is 16.7 Å². The highest BCUT2D eigenvalue weighted by atomic mass is 16.5. The average molecular weight is 291 g/mol. The van der Waals surface area contributed by atoms with Crippen LogP contribution in [0.5, 0.6) is 0 Å². The number of nitrogens with one attached hydrogen (secondary N) is 1. The van der Waals surface area contributed by atoms with Crippen LogP contribution >= 0.6 is 0 Å². The molecule has 0 amide bonds. The highest BCUT2D eigenvalue weighted by Gasteiger charge is 2.37. The third-order valence-electron chi connectivity index (χ3n) is 5.60. The van der Waals surface area contributed by atoms with Gasteiger partial charge in [-0.25, -0.2) is 0 Å². The Balaban J connectivity index is 1.65. The minimum Gasteiger partial charge on any atom is -0.337 e. The monoisotopic (exact) mass is 291 g/mol. The van der Waals surface area contributed by atoms with Crippen LogP contribution in [0, 0.1) is 11.3 Å². The Morgan fingerprint density at radius 3 is 2.48 bits per heavy atom. The van der Waals surface area contributed by atoms with E-state index in [4.69, 9.17) is 9.51 Å². The fourth-order valence-corrected chi connectivity index (χ4v) is 3.92.